The van der Waals surface area contributed by atoms with Crippen LogP contribution in [0, 0.1) is 5.41 Å². The van der Waals surface area contributed by atoms with Crippen molar-refractivity contribution in [2.45, 2.75) is 13.8 Å². The van der Waals surface area contributed by atoms with Gasteiger partial charge in [-0.05, 0) is 40.6 Å². The van der Waals surface area contributed by atoms with Crippen molar-refractivity contribution in [3.8, 4) is 5.69 Å². The molecule has 2 aromatic rings. The van der Waals surface area contributed by atoms with Crippen LogP contribution in [-0.4, -0.2) is 51.2 Å². The van der Waals surface area contributed by atoms with Crippen molar-refractivity contribution < 1.29 is 4.79 Å². The molecule has 1 aromatic carbocycles. The van der Waals surface area contributed by atoms with Crippen molar-refractivity contribution in [2.75, 3.05) is 20.1 Å². The Labute approximate surface area is 146 Å². The molecule has 126 valence electrons. The minimum absolute atomic E-state index is 0. The number of tetrazole rings is 1. The summed E-state index contributed by atoms with van der Waals surface area (Å²) in [6, 6.07) is 5.03. The van der Waals surface area contributed by atoms with E-state index in [-0.39, 0.29) is 23.7 Å². The Morgan fingerprint density at radius 3 is 2.70 bits per heavy atom. The molecule has 1 heterocycles. The van der Waals surface area contributed by atoms with Gasteiger partial charge in [-0.15, -0.1) is 17.5 Å². The van der Waals surface area contributed by atoms with Gasteiger partial charge < -0.3 is 10.6 Å². The molecule has 1 aromatic heterocycles. The van der Waals surface area contributed by atoms with Crippen LogP contribution in [0.25, 0.3) is 5.69 Å². The van der Waals surface area contributed by atoms with E-state index in [0.717, 1.165) is 0 Å². The molecule has 0 aliphatic carbocycles. The van der Waals surface area contributed by atoms with Crippen LogP contribution in [0.2, 0.25) is 5.02 Å². The lowest BCUT2D eigenvalue weighted by Gasteiger charge is -2.29. The minimum Gasteiger partial charge on any atom is -0.341 e. The number of aromatic nitrogens is 4. The van der Waals surface area contributed by atoms with E-state index in [1.54, 1.807) is 30.1 Å². The van der Waals surface area contributed by atoms with Gasteiger partial charge in [0.25, 0.3) is 5.91 Å². The zero-order valence-electron chi connectivity index (χ0n) is 13.2. The van der Waals surface area contributed by atoms with Crippen LogP contribution in [-0.2, 0) is 0 Å². The molecule has 7 nitrogen and oxygen atoms in total. The fourth-order valence-electron chi connectivity index (χ4n) is 2.14. The Bertz CT molecular complexity index is 659. The fraction of sp³-hybridized carbons (Fsp3) is 0.429. The van der Waals surface area contributed by atoms with Gasteiger partial charge >= 0.3 is 0 Å². The van der Waals surface area contributed by atoms with E-state index in [2.05, 4.69) is 15.5 Å². The lowest BCUT2D eigenvalue weighted by Crippen LogP contribution is -2.40. The first-order chi connectivity index (χ1) is 10.3. The molecule has 0 saturated heterocycles. The van der Waals surface area contributed by atoms with E-state index in [1.807, 2.05) is 13.8 Å². The maximum Gasteiger partial charge on any atom is 0.255 e. The van der Waals surface area contributed by atoms with E-state index in [9.17, 15) is 4.79 Å². The number of hydrogen-bond acceptors (Lipinski definition) is 5. The van der Waals surface area contributed by atoms with Gasteiger partial charge in [-0.25, -0.2) is 0 Å². The molecule has 0 aliphatic heterocycles. The third kappa shape index (κ3) is 4.63. The second-order valence-electron chi connectivity index (χ2n) is 5.95. The van der Waals surface area contributed by atoms with E-state index in [4.69, 9.17) is 17.3 Å². The van der Waals surface area contributed by atoms with Crippen molar-refractivity contribution in [3.63, 3.8) is 0 Å². The molecule has 0 bridgehead atoms. The van der Waals surface area contributed by atoms with Gasteiger partial charge in [0.2, 0.25) is 0 Å². The number of rotatable bonds is 5. The van der Waals surface area contributed by atoms with Crippen LogP contribution >= 0.6 is 24.0 Å². The highest BCUT2D eigenvalue weighted by Gasteiger charge is 2.24. The molecule has 2 rings (SSSR count). The smallest absolute Gasteiger partial charge is 0.255 e. The Kier molecular flexibility index (Phi) is 6.49. The number of carbonyl (C=O) groups is 1. The zero-order valence-corrected chi connectivity index (χ0v) is 14.8. The summed E-state index contributed by atoms with van der Waals surface area (Å²) in [4.78, 5) is 14.4. The first-order valence-corrected chi connectivity index (χ1v) is 7.20. The molecule has 0 radical (unpaired) electrons. The van der Waals surface area contributed by atoms with Gasteiger partial charge in [0.1, 0.15) is 6.33 Å². The van der Waals surface area contributed by atoms with Gasteiger partial charge in [0.05, 0.1) is 11.3 Å². The van der Waals surface area contributed by atoms with Gasteiger partial charge in [-0.2, -0.15) is 4.68 Å². The number of benzene rings is 1. The molecular weight excluding hydrogens is 339 g/mol. The van der Waals surface area contributed by atoms with E-state index in [0.29, 0.717) is 29.4 Å². The van der Waals surface area contributed by atoms with Crippen molar-refractivity contribution >= 4 is 29.9 Å². The number of halogens is 2. The van der Waals surface area contributed by atoms with E-state index in [1.165, 1.54) is 11.0 Å². The number of nitrogens with two attached hydrogens (primary N) is 1. The molecule has 0 atom stereocenters. The minimum atomic E-state index is -0.169. The first kappa shape index (κ1) is 19.3. The largest absolute Gasteiger partial charge is 0.341 e. The molecule has 0 fully saturated rings. The molecule has 0 unspecified atom stereocenters. The summed E-state index contributed by atoms with van der Waals surface area (Å²) in [6.45, 7) is 5.04. The molecule has 9 heteroatoms. The van der Waals surface area contributed by atoms with Gasteiger partial charge in [-0.1, -0.05) is 25.4 Å². The summed E-state index contributed by atoms with van der Waals surface area (Å²) in [7, 11) is 1.74. The monoisotopic (exact) mass is 358 g/mol. The summed E-state index contributed by atoms with van der Waals surface area (Å²) < 4.78 is 1.44. The lowest BCUT2D eigenvalue weighted by molar-refractivity contribution is 0.0740. The summed E-state index contributed by atoms with van der Waals surface area (Å²) in [5, 5.41) is 11.5. The van der Waals surface area contributed by atoms with Gasteiger partial charge in [-0.3, -0.25) is 4.79 Å². The summed E-state index contributed by atoms with van der Waals surface area (Å²) in [5.74, 6) is -0.158. The third-order valence-corrected chi connectivity index (χ3v) is 3.58. The quantitative estimate of drug-likeness (QED) is 0.879. The van der Waals surface area contributed by atoms with Crippen molar-refractivity contribution in [2.24, 2.45) is 11.1 Å². The normalized spacial score (nSPS) is 11.0. The van der Waals surface area contributed by atoms with Crippen LogP contribution in [0.5, 0.6) is 0 Å². The average Bonchev–Trinajstić information content (AvgIpc) is 3.00. The molecule has 0 aliphatic rings. The van der Waals surface area contributed by atoms with Crippen molar-refractivity contribution in [3.05, 3.63) is 35.1 Å². The predicted molar refractivity (Wildman–Crippen MR) is 91.2 cm³/mol. The second-order valence-corrected chi connectivity index (χ2v) is 6.38. The molecule has 2 N–H and O–H groups in total. The molecule has 0 saturated carbocycles. The molecule has 23 heavy (non-hydrogen) atoms. The standard InChI is InChI=1S/C14H19ClN6O.ClH/c1-14(2,7-16)8-20(3)13(22)11-6-10(15)4-5-12(11)21-9-17-18-19-21;/h4-6,9H,7-8,16H2,1-3H3;1H. The van der Waals surface area contributed by atoms with Crippen LogP contribution < -0.4 is 5.73 Å². The van der Waals surface area contributed by atoms with Gasteiger partial charge in [0.15, 0.2) is 0 Å². The second kappa shape index (κ2) is 7.72. The highest BCUT2D eigenvalue weighted by atomic mass is 35.5. The summed E-state index contributed by atoms with van der Waals surface area (Å²) in [6.07, 6.45) is 1.43. The van der Waals surface area contributed by atoms with Crippen molar-refractivity contribution in [1.82, 2.24) is 25.1 Å². The predicted octanol–water partition coefficient (Wildman–Crippen LogP) is 1.79. The van der Waals surface area contributed by atoms with Crippen LogP contribution in [0.15, 0.2) is 24.5 Å². The van der Waals surface area contributed by atoms with Crippen LogP contribution in [0.1, 0.15) is 24.2 Å². The summed E-state index contributed by atoms with van der Waals surface area (Å²) in [5.41, 5.74) is 6.59. The van der Waals surface area contributed by atoms with E-state index >= 15 is 0 Å². The lowest BCUT2D eigenvalue weighted by atomic mass is 9.93. The maximum atomic E-state index is 12.8. The number of hydrogen-bond donors (Lipinski definition) is 1. The SMILES string of the molecule is CN(CC(C)(C)CN)C(=O)c1cc(Cl)ccc1-n1cnnn1.Cl. The Morgan fingerprint density at radius 1 is 1.43 bits per heavy atom. The Morgan fingerprint density at radius 2 is 2.13 bits per heavy atom. The first-order valence-electron chi connectivity index (χ1n) is 6.82. The Hall–Kier alpha value is -1.70. The maximum absolute atomic E-state index is 12.8. The van der Waals surface area contributed by atoms with Crippen LogP contribution in [0.3, 0.4) is 0 Å². The van der Waals surface area contributed by atoms with Crippen molar-refractivity contribution in [1.29, 1.82) is 0 Å². The number of carbonyl (C=O) groups excluding carboxylic acids is 1. The van der Waals surface area contributed by atoms with Gasteiger partial charge in [0, 0.05) is 18.6 Å². The Balaban J connectivity index is 0.00000264. The topological polar surface area (TPSA) is 89.9 Å². The highest BCUT2D eigenvalue weighted by Crippen LogP contribution is 2.22. The molecule has 0 spiro atoms. The van der Waals surface area contributed by atoms with Crippen LogP contribution in [0.4, 0.5) is 0 Å². The third-order valence-electron chi connectivity index (χ3n) is 3.35. The average molecular weight is 359 g/mol. The fourth-order valence-corrected chi connectivity index (χ4v) is 2.31. The highest BCUT2D eigenvalue weighted by molar-refractivity contribution is 6.31. The number of amides is 1. The molecule has 1 amide bonds. The number of nitrogens with zero attached hydrogens (tertiary/aromatic N) is 5. The molecular formula is C14H20Cl2N6O. The summed E-state index contributed by atoms with van der Waals surface area (Å²) >= 11 is 6.04. The van der Waals surface area contributed by atoms with E-state index < -0.39 is 0 Å². The zero-order chi connectivity index (χ0) is 16.3.